The van der Waals surface area contributed by atoms with Crippen LogP contribution in [0.4, 0.5) is 5.69 Å². The van der Waals surface area contributed by atoms with Crippen LogP contribution >= 0.6 is 0 Å². The van der Waals surface area contributed by atoms with Crippen LogP contribution in [-0.2, 0) is 11.3 Å². The van der Waals surface area contributed by atoms with E-state index < -0.39 is 0 Å². The zero-order chi connectivity index (χ0) is 15.8. The average molecular weight is 298 g/mol. The van der Waals surface area contributed by atoms with Gasteiger partial charge in [-0.25, -0.2) is 0 Å². The van der Waals surface area contributed by atoms with E-state index in [-0.39, 0.29) is 5.91 Å². The second kappa shape index (κ2) is 8.20. The van der Waals surface area contributed by atoms with Gasteiger partial charge in [0.2, 0.25) is 5.91 Å². The number of ether oxygens (including phenoxy) is 1. The molecule has 0 saturated carbocycles. The van der Waals surface area contributed by atoms with Crippen molar-refractivity contribution in [3.05, 3.63) is 59.7 Å². The summed E-state index contributed by atoms with van der Waals surface area (Å²) in [6, 6.07) is 15.6. The number of nitrogens with one attached hydrogen (secondary N) is 2. The second-order valence-electron chi connectivity index (χ2n) is 5.10. The van der Waals surface area contributed by atoms with Crippen LogP contribution in [0.3, 0.4) is 0 Å². The predicted molar refractivity (Wildman–Crippen MR) is 89.1 cm³/mol. The molecule has 2 aromatic rings. The Morgan fingerprint density at radius 3 is 2.59 bits per heavy atom. The van der Waals surface area contributed by atoms with E-state index >= 15 is 0 Å². The van der Waals surface area contributed by atoms with Crippen LogP contribution in [0, 0.1) is 6.92 Å². The van der Waals surface area contributed by atoms with Gasteiger partial charge in [-0.3, -0.25) is 4.79 Å². The minimum atomic E-state index is -0.0261. The fraction of sp³-hybridized carbons (Fsp3) is 0.278. The number of aryl methyl sites for hydroxylation is 1. The lowest BCUT2D eigenvalue weighted by atomic mass is 10.1. The highest BCUT2D eigenvalue weighted by Gasteiger charge is 2.06. The molecule has 0 spiro atoms. The first-order valence-electron chi connectivity index (χ1n) is 7.39. The van der Waals surface area contributed by atoms with Gasteiger partial charge in [0.05, 0.1) is 12.8 Å². The van der Waals surface area contributed by atoms with Crippen molar-refractivity contribution in [3.63, 3.8) is 0 Å². The number of para-hydroxylation sites is 2. The third kappa shape index (κ3) is 4.60. The molecule has 4 heteroatoms. The van der Waals surface area contributed by atoms with Gasteiger partial charge in [-0.15, -0.1) is 0 Å². The molecule has 2 N–H and O–H groups in total. The highest BCUT2D eigenvalue weighted by atomic mass is 16.5. The Balaban J connectivity index is 1.75. The van der Waals surface area contributed by atoms with Crippen molar-refractivity contribution in [3.8, 4) is 5.75 Å². The lowest BCUT2D eigenvalue weighted by Crippen LogP contribution is -2.22. The number of carbonyl (C=O) groups is 1. The van der Waals surface area contributed by atoms with Crippen LogP contribution in [0.25, 0.3) is 0 Å². The predicted octanol–water partition coefficient (Wildman–Crippen LogP) is 3.12. The van der Waals surface area contributed by atoms with E-state index in [4.69, 9.17) is 4.74 Å². The zero-order valence-corrected chi connectivity index (χ0v) is 13.1. The number of rotatable bonds is 7. The standard InChI is InChI=1S/C18H22N2O2/c1-14-7-3-4-8-15(14)13-19-12-11-18(21)20-16-9-5-6-10-17(16)22-2/h3-10,19H,11-13H2,1-2H3,(H,20,21). The molecule has 2 aromatic carbocycles. The van der Waals surface area contributed by atoms with E-state index in [0.29, 0.717) is 24.4 Å². The molecule has 4 nitrogen and oxygen atoms in total. The van der Waals surface area contributed by atoms with E-state index in [0.717, 1.165) is 6.54 Å². The zero-order valence-electron chi connectivity index (χ0n) is 13.1. The summed E-state index contributed by atoms with van der Waals surface area (Å²) in [7, 11) is 1.59. The molecule has 0 radical (unpaired) electrons. The SMILES string of the molecule is COc1ccccc1NC(=O)CCNCc1ccccc1C. The first-order chi connectivity index (χ1) is 10.7. The molecule has 2 rings (SSSR count). The van der Waals surface area contributed by atoms with Crippen molar-refractivity contribution in [1.82, 2.24) is 5.32 Å². The normalized spacial score (nSPS) is 10.3. The quantitative estimate of drug-likeness (QED) is 0.772. The summed E-state index contributed by atoms with van der Waals surface area (Å²) < 4.78 is 5.21. The lowest BCUT2D eigenvalue weighted by Gasteiger charge is -2.10. The summed E-state index contributed by atoms with van der Waals surface area (Å²) in [5, 5.41) is 6.16. The maximum absolute atomic E-state index is 12.0. The van der Waals surface area contributed by atoms with E-state index in [1.165, 1.54) is 11.1 Å². The summed E-state index contributed by atoms with van der Waals surface area (Å²) in [5.41, 5.74) is 3.22. The molecule has 0 atom stereocenters. The first-order valence-corrected chi connectivity index (χ1v) is 7.39. The first kappa shape index (κ1) is 16.0. The number of anilines is 1. The van der Waals surface area contributed by atoms with Crippen molar-refractivity contribution in [2.24, 2.45) is 0 Å². The number of hydrogen-bond donors (Lipinski definition) is 2. The number of hydrogen-bond acceptors (Lipinski definition) is 3. The highest BCUT2D eigenvalue weighted by molar-refractivity contribution is 5.92. The van der Waals surface area contributed by atoms with Crippen LogP contribution in [0.15, 0.2) is 48.5 Å². The molecular weight excluding hydrogens is 276 g/mol. The molecule has 0 bridgehead atoms. The monoisotopic (exact) mass is 298 g/mol. The summed E-state index contributed by atoms with van der Waals surface area (Å²) in [6.45, 7) is 3.50. The number of benzene rings is 2. The Bertz CT molecular complexity index is 626. The van der Waals surface area contributed by atoms with Crippen molar-refractivity contribution >= 4 is 11.6 Å². The molecule has 0 aliphatic rings. The van der Waals surface area contributed by atoms with Gasteiger partial charge in [-0.1, -0.05) is 36.4 Å². The molecule has 0 fully saturated rings. The van der Waals surface area contributed by atoms with Crippen LogP contribution in [0.2, 0.25) is 0 Å². The molecule has 0 saturated heterocycles. The molecule has 0 aliphatic heterocycles. The molecule has 0 aliphatic carbocycles. The fourth-order valence-corrected chi connectivity index (χ4v) is 2.19. The van der Waals surface area contributed by atoms with Crippen LogP contribution in [0.5, 0.6) is 5.75 Å². The van der Waals surface area contributed by atoms with Gasteiger partial charge < -0.3 is 15.4 Å². The van der Waals surface area contributed by atoms with Gasteiger partial charge in [0.1, 0.15) is 5.75 Å². The van der Waals surface area contributed by atoms with Gasteiger partial charge >= 0.3 is 0 Å². The molecule has 0 heterocycles. The number of methoxy groups -OCH3 is 1. The van der Waals surface area contributed by atoms with E-state index in [1.54, 1.807) is 7.11 Å². The molecule has 116 valence electrons. The maximum Gasteiger partial charge on any atom is 0.225 e. The van der Waals surface area contributed by atoms with E-state index in [2.05, 4.69) is 29.7 Å². The summed E-state index contributed by atoms with van der Waals surface area (Å²) in [5.74, 6) is 0.644. The molecule has 1 amide bonds. The van der Waals surface area contributed by atoms with Gasteiger partial charge in [0.25, 0.3) is 0 Å². The van der Waals surface area contributed by atoms with Crippen molar-refractivity contribution in [2.75, 3.05) is 19.0 Å². The average Bonchev–Trinajstić information content (AvgIpc) is 2.53. The van der Waals surface area contributed by atoms with Crippen molar-refractivity contribution in [1.29, 1.82) is 0 Å². The minimum absolute atomic E-state index is 0.0261. The molecule has 0 unspecified atom stereocenters. The van der Waals surface area contributed by atoms with Crippen LogP contribution in [-0.4, -0.2) is 19.6 Å². The third-order valence-electron chi connectivity index (χ3n) is 3.49. The van der Waals surface area contributed by atoms with Gasteiger partial charge in [0.15, 0.2) is 0 Å². The topological polar surface area (TPSA) is 50.4 Å². The Labute approximate surface area is 131 Å². The summed E-state index contributed by atoms with van der Waals surface area (Å²) in [6.07, 6.45) is 0.421. The summed E-state index contributed by atoms with van der Waals surface area (Å²) >= 11 is 0. The molecular formula is C18H22N2O2. The minimum Gasteiger partial charge on any atom is -0.495 e. The van der Waals surface area contributed by atoms with Crippen molar-refractivity contribution < 1.29 is 9.53 Å². The Morgan fingerprint density at radius 1 is 1.09 bits per heavy atom. The molecule has 0 aromatic heterocycles. The smallest absolute Gasteiger partial charge is 0.225 e. The Hall–Kier alpha value is -2.33. The third-order valence-corrected chi connectivity index (χ3v) is 3.49. The summed E-state index contributed by atoms with van der Waals surface area (Å²) in [4.78, 5) is 12.0. The van der Waals surface area contributed by atoms with E-state index in [1.807, 2.05) is 36.4 Å². The largest absolute Gasteiger partial charge is 0.495 e. The van der Waals surface area contributed by atoms with Gasteiger partial charge in [-0.05, 0) is 30.2 Å². The van der Waals surface area contributed by atoms with E-state index in [9.17, 15) is 4.79 Å². The van der Waals surface area contributed by atoms with Gasteiger partial charge in [0, 0.05) is 19.5 Å². The maximum atomic E-state index is 12.0. The second-order valence-corrected chi connectivity index (χ2v) is 5.10. The number of carbonyl (C=O) groups excluding carboxylic acids is 1. The van der Waals surface area contributed by atoms with Gasteiger partial charge in [-0.2, -0.15) is 0 Å². The molecule has 22 heavy (non-hydrogen) atoms. The van der Waals surface area contributed by atoms with Crippen LogP contribution < -0.4 is 15.4 Å². The highest BCUT2D eigenvalue weighted by Crippen LogP contribution is 2.22. The number of amides is 1. The lowest BCUT2D eigenvalue weighted by molar-refractivity contribution is -0.116. The van der Waals surface area contributed by atoms with Crippen LogP contribution in [0.1, 0.15) is 17.5 Å². The fourth-order valence-electron chi connectivity index (χ4n) is 2.19. The van der Waals surface area contributed by atoms with Crippen molar-refractivity contribution in [2.45, 2.75) is 19.9 Å². The Morgan fingerprint density at radius 2 is 1.82 bits per heavy atom. The Kier molecular flexibility index (Phi) is 5.98.